The first-order valence-electron chi connectivity index (χ1n) is 6.61. The zero-order chi connectivity index (χ0) is 16.5. The number of sulfonamides is 1. The lowest BCUT2D eigenvalue weighted by Gasteiger charge is -2.13. The average molecular weight is 319 g/mol. The Morgan fingerprint density at radius 2 is 1.64 bits per heavy atom. The smallest absolute Gasteiger partial charge is 0.336 e. The number of aryl methyl sites for hydroxylation is 1. The minimum Gasteiger partial charge on any atom is -0.478 e. The predicted octanol–water partition coefficient (Wildman–Crippen LogP) is 2.61. The van der Waals surface area contributed by atoms with Gasteiger partial charge in [-0.3, -0.25) is 0 Å². The van der Waals surface area contributed by atoms with Gasteiger partial charge in [-0.05, 0) is 35.7 Å². The van der Waals surface area contributed by atoms with E-state index in [1.54, 1.807) is 37.3 Å². The molecule has 0 bridgehead atoms. The molecule has 6 heteroatoms. The lowest BCUT2D eigenvalue weighted by Crippen LogP contribution is -2.22. The van der Waals surface area contributed by atoms with Crippen molar-refractivity contribution in [2.24, 2.45) is 0 Å². The summed E-state index contributed by atoms with van der Waals surface area (Å²) in [5.41, 5.74) is 2.13. The van der Waals surface area contributed by atoms with Gasteiger partial charge in [0.25, 0.3) is 0 Å². The Balaban J connectivity index is 2.54. The van der Waals surface area contributed by atoms with Crippen molar-refractivity contribution in [3.63, 3.8) is 0 Å². The first kappa shape index (κ1) is 16.2. The quantitative estimate of drug-likeness (QED) is 0.940. The van der Waals surface area contributed by atoms with Crippen molar-refractivity contribution < 1.29 is 18.3 Å². The highest BCUT2D eigenvalue weighted by Crippen LogP contribution is 2.27. The summed E-state index contributed by atoms with van der Waals surface area (Å²) >= 11 is 0. The molecule has 0 spiro atoms. The fourth-order valence-electron chi connectivity index (χ4n) is 2.21. The molecule has 0 aromatic heterocycles. The molecule has 1 N–H and O–H groups in total. The van der Waals surface area contributed by atoms with Crippen LogP contribution in [0.2, 0.25) is 0 Å². The first-order valence-corrected chi connectivity index (χ1v) is 8.05. The number of hydrogen-bond donors (Lipinski definition) is 1. The van der Waals surface area contributed by atoms with Gasteiger partial charge in [0.05, 0.1) is 10.5 Å². The summed E-state index contributed by atoms with van der Waals surface area (Å²) in [6, 6.07) is 11.4. The van der Waals surface area contributed by atoms with Crippen LogP contribution in [0.15, 0.2) is 47.4 Å². The predicted molar refractivity (Wildman–Crippen MR) is 84.4 cm³/mol. The van der Waals surface area contributed by atoms with E-state index in [1.165, 1.54) is 26.2 Å². The summed E-state index contributed by atoms with van der Waals surface area (Å²) in [4.78, 5) is 11.6. The van der Waals surface area contributed by atoms with Crippen molar-refractivity contribution in [3.05, 3.63) is 53.6 Å². The van der Waals surface area contributed by atoms with E-state index in [-0.39, 0.29) is 10.5 Å². The molecule has 22 heavy (non-hydrogen) atoms. The zero-order valence-corrected chi connectivity index (χ0v) is 13.4. The fourth-order valence-corrected chi connectivity index (χ4v) is 3.11. The second kappa shape index (κ2) is 5.90. The summed E-state index contributed by atoms with van der Waals surface area (Å²) < 4.78 is 25.2. The number of rotatable bonds is 4. The summed E-state index contributed by atoms with van der Waals surface area (Å²) in [7, 11) is -0.564. The first-order chi connectivity index (χ1) is 10.2. The Morgan fingerprint density at radius 1 is 1.05 bits per heavy atom. The molecule has 0 aliphatic heterocycles. The normalized spacial score (nSPS) is 11.6. The highest BCUT2D eigenvalue weighted by Gasteiger charge is 2.18. The van der Waals surface area contributed by atoms with E-state index in [0.717, 1.165) is 4.31 Å². The van der Waals surface area contributed by atoms with Gasteiger partial charge >= 0.3 is 5.97 Å². The van der Waals surface area contributed by atoms with Crippen LogP contribution in [0.5, 0.6) is 0 Å². The molecule has 0 amide bonds. The Hall–Kier alpha value is -2.18. The van der Waals surface area contributed by atoms with E-state index >= 15 is 0 Å². The molecule has 0 saturated carbocycles. The summed E-state index contributed by atoms with van der Waals surface area (Å²) in [5.74, 6) is -1.00. The molecule has 2 rings (SSSR count). The van der Waals surface area contributed by atoms with Crippen LogP contribution in [-0.2, 0) is 10.0 Å². The van der Waals surface area contributed by atoms with Gasteiger partial charge in [-0.2, -0.15) is 0 Å². The van der Waals surface area contributed by atoms with Gasteiger partial charge < -0.3 is 5.11 Å². The molecule has 2 aromatic carbocycles. The van der Waals surface area contributed by atoms with Gasteiger partial charge in [0.2, 0.25) is 10.0 Å². The number of carboxylic acids is 1. The van der Waals surface area contributed by atoms with Crippen LogP contribution < -0.4 is 0 Å². The van der Waals surface area contributed by atoms with E-state index in [0.29, 0.717) is 16.7 Å². The summed E-state index contributed by atoms with van der Waals surface area (Å²) in [6.07, 6.45) is 0. The van der Waals surface area contributed by atoms with E-state index in [9.17, 15) is 18.3 Å². The van der Waals surface area contributed by atoms with E-state index < -0.39 is 16.0 Å². The van der Waals surface area contributed by atoms with Gasteiger partial charge in [-0.25, -0.2) is 17.5 Å². The number of aromatic carboxylic acids is 1. The molecule has 0 heterocycles. The van der Waals surface area contributed by atoms with Crippen LogP contribution in [0, 0.1) is 6.92 Å². The van der Waals surface area contributed by atoms with Crippen LogP contribution in [-0.4, -0.2) is 37.9 Å². The monoisotopic (exact) mass is 319 g/mol. The Morgan fingerprint density at radius 3 is 2.14 bits per heavy atom. The van der Waals surface area contributed by atoms with Gasteiger partial charge in [-0.1, -0.05) is 30.3 Å². The van der Waals surface area contributed by atoms with Gasteiger partial charge in [-0.15, -0.1) is 0 Å². The lowest BCUT2D eigenvalue weighted by atomic mass is 9.96. The second-order valence-corrected chi connectivity index (χ2v) is 7.27. The average Bonchev–Trinajstić information content (AvgIpc) is 2.46. The SMILES string of the molecule is Cc1cccc(-c2ccc(S(=O)(=O)N(C)C)cc2)c1C(=O)O. The number of hydrogen-bond acceptors (Lipinski definition) is 3. The molecule has 0 radical (unpaired) electrons. The topological polar surface area (TPSA) is 74.7 Å². The van der Waals surface area contributed by atoms with E-state index in [2.05, 4.69) is 0 Å². The maximum atomic E-state index is 12.0. The largest absolute Gasteiger partial charge is 0.478 e. The third kappa shape index (κ3) is 2.88. The minimum absolute atomic E-state index is 0.172. The molecular weight excluding hydrogens is 302 g/mol. The van der Waals surface area contributed by atoms with Crippen LogP contribution in [0.3, 0.4) is 0 Å². The van der Waals surface area contributed by atoms with Crippen molar-refractivity contribution in [1.29, 1.82) is 0 Å². The number of carboxylic acid groups (broad SMARTS) is 1. The van der Waals surface area contributed by atoms with Crippen LogP contribution in [0.4, 0.5) is 0 Å². The lowest BCUT2D eigenvalue weighted by molar-refractivity contribution is 0.0697. The molecule has 0 aliphatic carbocycles. The Labute approximate surface area is 129 Å². The van der Waals surface area contributed by atoms with Crippen molar-refractivity contribution in [3.8, 4) is 11.1 Å². The Bertz CT molecular complexity index is 809. The molecule has 116 valence electrons. The standard InChI is InChI=1S/C16H17NO4S/c1-11-5-4-6-14(15(11)16(18)19)12-7-9-13(10-8-12)22(20,21)17(2)3/h4-10H,1-3H3,(H,18,19). The molecule has 0 unspecified atom stereocenters. The molecule has 0 aliphatic rings. The van der Waals surface area contributed by atoms with Crippen LogP contribution in [0.25, 0.3) is 11.1 Å². The van der Waals surface area contributed by atoms with Crippen LogP contribution in [0.1, 0.15) is 15.9 Å². The molecule has 0 atom stereocenters. The van der Waals surface area contributed by atoms with E-state index in [4.69, 9.17) is 0 Å². The zero-order valence-electron chi connectivity index (χ0n) is 12.6. The fraction of sp³-hybridized carbons (Fsp3) is 0.188. The summed E-state index contributed by atoms with van der Waals surface area (Å²) in [6.45, 7) is 1.73. The molecule has 0 fully saturated rings. The summed E-state index contributed by atoms with van der Waals surface area (Å²) in [5, 5.41) is 9.36. The highest BCUT2D eigenvalue weighted by molar-refractivity contribution is 7.89. The van der Waals surface area contributed by atoms with Crippen LogP contribution >= 0.6 is 0 Å². The number of benzene rings is 2. The second-order valence-electron chi connectivity index (χ2n) is 5.11. The minimum atomic E-state index is -3.49. The molecule has 0 saturated heterocycles. The van der Waals surface area contributed by atoms with Gasteiger partial charge in [0, 0.05) is 14.1 Å². The van der Waals surface area contributed by atoms with Crippen molar-refractivity contribution in [2.45, 2.75) is 11.8 Å². The third-order valence-corrected chi connectivity index (χ3v) is 5.26. The number of nitrogens with zero attached hydrogens (tertiary/aromatic N) is 1. The third-order valence-electron chi connectivity index (χ3n) is 3.43. The van der Waals surface area contributed by atoms with Gasteiger partial charge in [0.1, 0.15) is 0 Å². The maximum absolute atomic E-state index is 12.0. The number of carbonyl (C=O) groups is 1. The highest BCUT2D eigenvalue weighted by atomic mass is 32.2. The van der Waals surface area contributed by atoms with Crippen molar-refractivity contribution >= 4 is 16.0 Å². The van der Waals surface area contributed by atoms with Gasteiger partial charge in [0.15, 0.2) is 0 Å². The van der Waals surface area contributed by atoms with Crippen molar-refractivity contribution in [2.75, 3.05) is 14.1 Å². The molecular formula is C16H17NO4S. The molecule has 5 nitrogen and oxygen atoms in total. The molecule has 2 aromatic rings. The van der Waals surface area contributed by atoms with E-state index in [1.807, 2.05) is 0 Å². The Kier molecular flexibility index (Phi) is 4.35. The van der Waals surface area contributed by atoms with Crippen molar-refractivity contribution in [1.82, 2.24) is 4.31 Å². The maximum Gasteiger partial charge on any atom is 0.336 e.